The van der Waals surface area contributed by atoms with Crippen molar-refractivity contribution in [2.45, 2.75) is 31.3 Å². The average molecular weight is 277 g/mol. The van der Waals surface area contributed by atoms with Crippen molar-refractivity contribution < 1.29 is 14.7 Å². The standard InChI is InChI=1S/C14H19N3O3/c1-20-14(7-2-8-14)9-12(18)16-11-5-3-10(4-6-11)13(15)17-19/h3-6,19H,2,7-9H2,1H3,(H2,15,17)(H,16,18). The molecule has 4 N–H and O–H groups in total. The summed E-state index contributed by atoms with van der Waals surface area (Å²) in [7, 11) is 1.65. The van der Waals surface area contributed by atoms with Gasteiger partial charge in [0.05, 0.1) is 12.0 Å². The largest absolute Gasteiger partial charge is 0.409 e. The predicted molar refractivity (Wildman–Crippen MR) is 75.8 cm³/mol. The van der Waals surface area contributed by atoms with Crippen molar-refractivity contribution in [2.24, 2.45) is 10.9 Å². The zero-order chi connectivity index (χ0) is 14.6. The number of hydrogen-bond acceptors (Lipinski definition) is 4. The first-order chi connectivity index (χ1) is 9.58. The molecule has 0 aromatic heterocycles. The number of benzene rings is 1. The molecule has 0 radical (unpaired) electrons. The maximum absolute atomic E-state index is 12.0. The molecule has 1 fully saturated rings. The molecule has 0 bridgehead atoms. The normalized spacial score (nSPS) is 17.4. The van der Waals surface area contributed by atoms with Crippen LogP contribution in [0.2, 0.25) is 0 Å². The molecule has 1 aliphatic rings. The van der Waals surface area contributed by atoms with Crippen LogP contribution >= 0.6 is 0 Å². The maximum atomic E-state index is 12.0. The molecule has 6 nitrogen and oxygen atoms in total. The van der Waals surface area contributed by atoms with Gasteiger partial charge >= 0.3 is 0 Å². The molecule has 1 amide bonds. The van der Waals surface area contributed by atoms with Crippen LogP contribution in [0.15, 0.2) is 29.4 Å². The summed E-state index contributed by atoms with van der Waals surface area (Å²) in [4.78, 5) is 12.0. The summed E-state index contributed by atoms with van der Waals surface area (Å²) < 4.78 is 5.43. The summed E-state index contributed by atoms with van der Waals surface area (Å²) >= 11 is 0. The number of nitrogens with zero attached hydrogens (tertiary/aromatic N) is 1. The monoisotopic (exact) mass is 277 g/mol. The molecule has 0 aliphatic heterocycles. The molecular formula is C14H19N3O3. The Morgan fingerprint density at radius 2 is 2.10 bits per heavy atom. The minimum atomic E-state index is -0.280. The van der Waals surface area contributed by atoms with Crippen LogP contribution < -0.4 is 11.1 Å². The third-order valence-corrected chi connectivity index (χ3v) is 3.75. The minimum Gasteiger partial charge on any atom is -0.409 e. The van der Waals surface area contributed by atoms with E-state index in [1.165, 1.54) is 0 Å². The number of methoxy groups -OCH3 is 1. The number of amidine groups is 1. The summed E-state index contributed by atoms with van der Waals surface area (Å²) in [5.74, 6) is -0.0289. The van der Waals surface area contributed by atoms with Crippen molar-refractivity contribution in [1.29, 1.82) is 0 Å². The molecule has 0 spiro atoms. The van der Waals surface area contributed by atoms with E-state index in [1.54, 1.807) is 31.4 Å². The fourth-order valence-corrected chi connectivity index (χ4v) is 2.30. The molecule has 6 heteroatoms. The van der Waals surface area contributed by atoms with Crippen LogP contribution in [-0.2, 0) is 9.53 Å². The van der Waals surface area contributed by atoms with Gasteiger partial charge in [0.2, 0.25) is 5.91 Å². The predicted octanol–water partition coefficient (Wildman–Crippen LogP) is 1.68. The fourth-order valence-electron chi connectivity index (χ4n) is 2.30. The smallest absolute Gasteiger partial charge is 0.227 e. The van der Waals surface area contributed by atoms with Crippen LogP contribution in [0, 0.1) is 0 Å². The molecule has 108 valence electrons. The van der Waals surface area contributed by atoms with Crippen molar-refractivity contribution in [3.05, 3.63) is 29.8 Å². The van der Waals surface area contributed by atoms with Gasteiger partial charge in [0.1, 0.15) is 0 Å². The first-order valence-corrected chi connectivity index (χ1v) is 6.51. The lowest BCUT2D eigenvalue weighted by molar-refractivity contribution is -0.129. The van der Waals surface area contributed by atoms with Gasteiger partial charge in [-0.3, -0.25) is 4.79 Å². The van der Waals surface area contributed by atoms with E-state index >= 15 is 0 Å². The highest BCUT2D eigenvalue weighted by Crippen LogP contribution is 2.38. The number of rotatable bonds is 5. The molecule has 0 atom stereocenters. The van der Waals surface area contributed by atoms with Gasteiger partial charge in [-0.05, 0) is 43.5 Å². The summed E-state index contributed by atoms with van der Waals surface area (Å²) in [6.45, 7) is 0. The molecule has 2 rings (SSSR count). The Morgan fingerprint density at radius 1 is 1.45 bits per heavy atom. The van der Waals surface area contributed by atoms with Gasteiger partial charge in [0.15, 0.2) is 5.84 Å². The number of nitrogens with one attached hydrogen (secondary N) is 1. The van der Waals surface area contributed by atoms with Gasteiger partial charge < -0.3 is 21.0 Å². The zero-order valence-electron chi connectivity index (χ0n) is 11.4. The first kappa shape index (κ1) is 14.3. The Kier molecular flexibility index (Phi) is 4.24. The second kappa shape index (κ2) is 5.92. The zero-order valence-corrected chi connectivity index (χ0v) is 11.4. The van der Waals surface area contributed by atoms with E-state index in [1.807, 2.05) is 0 Å². The van der Waals surface area contributed by atoms with Gasteiger partial charge in [-0.15, -0.1) is 0 Å². The Bertz CT molecular complexity index is 501. The molecule has 1 saturated carbocycles. The average Bonchev–Trinajstić information content (AvgIpc) is 2.43. The summed E-state index contributed by atoms with van der Waals surface area (Å²) in [6.07, 6.45) is 3.33. The summed E-state index contributed by atoms with van der Waals surface area (Å²) in [6, 6.07) is 6.79. The number of anilines is 1. The SMILES string of the molecule is COC1(CC(=O)Nc2ccc(/C(N)=N/O)cc2)CCC1. The van der Waals surface area contributed by atoms with Crippen molar-refractivity contribution >= 4 is 17.4 Å². The van der Waals surface area contributed by atoms with Gasteiger partial charge in [0.25, 0.3) is 0 Å². The third-order valence-electron chi connectivity index (χ3n) is 3.75. The number of amides is 1. The molecule has 1 aromatic rings. The number of nitrogens with two attached hydrogens (primary N) is 1. The topological polar surface area (TPSA) is 96.9 Å². The molecule has 0 unspecified atom stereocenters. The van der Waals surface area contributed by atoms with E-state index in [0.717, 1.165) is 19.3 Å². The number of carbonyl (C=O) groups is 1. The quantitative estimate of drug-likeness (QED) is 0.330. The van der Waals surface area contributed by atoms with Crippen LogP contribution in [0.3, 0.4) is 0 Å². The Hall–Kier alpha value is -2.08. The van der Waals surface area contributed by atoms with Crippen molar-refractivity contribution in [3.63, 3.8) is 0 Å². The molecule has 1 aromatic carbocycles. The minimum absolute atomic E-state index is 0.0377. The van der Waals surface area contributed by atoms with E-state index in [0.29, 0.717) is 17.7 Å². The lowest BCUT2D eigenvalue weighted by Crippen LogP contribution is -2.42. The highest BCUT2D eigenvalue weighted by Gasteiger charge is 2.38. The van der Waals surface area contributed by atoms with Crippen LogP contribution in [0.25, 0.3) is 0 Å². The number of hydrogen-bond donors (Lipinski definition) is 3. The maximum Gasteiger partial charge on any atom is 0.227 e. The van der Waals surface area contributed by atoms with E-state index < -0.39 is 0 Å². The summed E-state index contributed by atoms with van der Waals surface area (Å²) in [5, 5.41) is 14.3. The van der Waals surface area contributed by atoms with Crippen LogP contribution in [0.4, 0.5) is 5.69 Å². The van der Waals surface area contributed by atoms with Gasteiger partial charge in [-0.2, -0.15) is 0 Å². The van der Waals surface area contributed by atoms with Gasteiger partial charge in [-0.1, -0.05) is 5.16 Å². The van der Waals surface area contributed by atoms with E-state index in [9.17, 15) is 4.79 Å². The molecule has 20 heavy (non-hydrogen) atoms. The van der Waals surface area contributed by atoms with Crippen molar-refractivity contribution in [3.8, 4) is 0 Å². The lowest BCUT2D eigenvalue weighted by Gasteiger charge is -2.39. The second-order valence-corrected chi connectivity index (χ2v) is 5.03. The van der Waals surface area contributed by atoms with Crippen LogP contribution in [0.1, 0.15) is 31.2 Å². The fraction of sp³-hybridized carbons (Fsp3) is 0.429. The van der Waals surface area contributed by atoms with Gasteiger partial charge in [-0.25, -0.2) is 0 Å². The highest BCUT2D eigenvalue weighted by molar-refractivity contribution is 5.98. The Balaban J connectivity index is 1.94. The van der Waals surface area contributed by atoms with Crippen molar-refractivity contribution in [1.82, 2.24) is 0 Å². The van der Waals surface area contributed by atoms with Gasteiger partial charge in [0, 0.05) is 18.4 Å². The first-order valence-electron chi connectivity index (χ1n) is 6.51. The van der Waals surface area contributed by atoms with E-state index in [4.69, 9.17) is 15.7 Å². The Morgan fingerprint density at radius 3 is 2.55 bits per heavy atom. The number of carbonyl (C=O) groups excluding carboxylic acids is 1. The highest BCUT2D eigenvalue weighted by atomic mass is 16.5. The third kappa shape index (κ3) is 3.08. The molecule has 0 heterocycles. The van der Waals surface area contributed by atoms with E-state index in [-0.39, 0.29) is 17.3 Å². The van der Waals surface area contributed by atoms with Crippen LogP contribution in [-0.4, -0.2) is 29.7 Å². The molecule has 1 aliphatic carbocycles. The number of oxime groups is 1. The summed E-state index contributed by atoms with van der Waals surface area (Å²) in [5.41, 5.74) is 6.46. The second-order valence-electron chi connectivity index (χ2n) is 5.03. The lowest BCUT2D eigenvalue weighted by atomic mass is 9.77. The molecular weight excluding hydrogens is 258 g/mol. The Labute approximate surface area is 117 Å². The van der Waals surface area contributed by atoms with E-state index in [2.05, 4.69) is 10.5 Å². The van der Waals surface area contributed by atoms with Crippen molar-refractivity contribution in [2.75, 3.05) is 12.4 Å². The number of ether oxygens (including phenoxy) is 1. The molecule has 0 saturated heterocycles. The van der Waals surface area contributed by atoms with Crippen LogP contribution in [0.5, 0.6) is 0 Å².